The van der Waals surface area contributed by atoms with E-state index in [-0.39, 0.29) is 17.3 Å². The zero-order chi connectivity index (χ0) is 15.0. The van der Waals surface area contributed by atoms with Gasteiger partial charge in [-0.1, -0.05) is 15.9 Å². The van der Waals surface area contributed by atoms with Crippen molar-refractivity contribution in [3.63, 3.8) is 0 Å². The molecule has 6 heteroatoms. The van der Waals surface area contributed by atoms with Gasteiger partial charge in [-0.3, -0.25) is 4.79 Å². The first-order valence-electron chi connectivity index (χ1n) is 6.35. The van der Waals surface area contributed by atoms with E-state index in [0.717, 1.165) is 15.5 Å². The number of carbonyl (C=O) groups is 1. The Hall–Kier alpha value is -1.07. The van der Waals surface area contributed by atoms with E-state index in [1.165, 1.54) is 0 Å². The summed E-state index contributed by atoms with van der Waals surface area (Å²) < 4.78 is 2.87. The van der Waals surface area contributed by atoms with E-state index in [4.69, 9.17) is 11.6 Å². The predicted molar refractivity (Wildman–Crippen MR) is 85.1 cm³/mol. The average molecular weight is 359 g/mol. The van der Waals surface area contributed by atoms with E-state index in [1.54, 1.807) is 19.0 Å². The molecule has 2 atom stereocenters. The van der Waals surface area contributed by atoms with Gasteiger partial charge in [-0.25, -0.2) is 4.98 Å². The summed E-state index contributed by atoms with van der Waals surface area (Å²) in [5.74, 6) is 0.730. The molecule has 0 fully saturated rings. The largest absolute Gasteiger partial charge is 0.347 e. The zero-order valence-electron chi connectivity index (χ0n) is 11.9. The minimum atomic E-state index is -0.340. The monoisotopic (exact) mass is 357 g/mol. The first kappa shape index (κ1) is 15.3. The molecule has 0 spiro atoms. The van der Waals surface area contributed by atoms with Gasteiger partial charge in [-0.15, -0.1) is 11.6 Å². The number of hydrogen-bond acceptors (Lipinski definition) is 2. The number of aromatic nitrogens is 2. The molecule has 108 valence electrons. The Morgan fingerprint density at radius 1 is 1.40 bits per heavy atom. The van der Waals surface area contributed by atoms with Crippen LogP contribution >= 0.6 is 27.5 Å². The summed E-state index contributed by atoms with van der Waals surface area (Å²) in [4.78, 5) is 18.4. The van der Waals surface area contributed by atoms with Crippen LogP contribution in [0.2, 0.25) is 0 Å². The zero-order valence-corrected chi connectivity index (χ0v) is 14.2. The van der Waals surface area contributed by atoms with E-state index in [2.05, 4.69) is 20.9 Å². The lowest BCUT2D eigenvalue weighted by atomic mass is 10.2. The number of imidazole rings is 1. The van der Waals surface area contributed by atoms with Gasteiger partial charge in [0.15, 0.2) is 0 Å². The van der Waals surface area contributed by atoms with Crippen molar-refractivity contribution in [2.45, 2.75) is 25.3 Å². The van der Waals surface area contributed by atoms with Crippen LogP contribution in [0.15, 0.2) is 22.7 Å². The molecule has 2 aromatic rings. The predicted octanol–water partition coefficient (Wildman–Crippen LogP) is 3.75. The number of carbonyl (C=O) groups excluding carboxylic acids is 1. The van der Waals surface area contributed by atoms with Crippen LogP contribution in [0.3, 0.4) is 0 Å². The Bertz CT molecular complexity index is 651. The van der Waals surface area contributed by atoms with Crippen molar-refractivity contribution in [2.75, 3.05) is 14.1 Å². The van der Waals surface area contributed by atoms with Gasteiger partial charge in [0, 0.05) is 18.6 Å². The van der Waals surface area contributed by atoms with E-state index >= 15 is 0 Å². The maximum Gasteiger partial charge on any atom is 0.244 e. The Kier molecular flexibility index (Phi) is 4.39. The van der Waals surface area contributed by atoms with Gasteiger partial charge in [0.05, 0.1) is 16.4 Å². The van der Waals surface area contributed by atoms with Crippen molar-refractivity contribution < 1.29 is 4.79 Å². The fraction of sp³-hybridized carbons (Fsp3) is 0.429. The molecule has 2 unspecified atom stereocenters. The topological polar surface area (TPSA) is 38.1 Å². The molecule has 0 radical (unpaired) electrons. The van der Waals surface area contributed by atoms with Gasteiger partial charge in [-0.05, 0) is 32.0 Å². The molecule has 0 saturated heterocycles. The number of nitrogens with zero attached hydrogens (tertiary/aromatic N) is 3. The molecule has 0 aliphatic rings. The Balaban J connectivity index is 2.66. The van der Waals surface area contributed by atoms with Gasteiger partial charge in [0.1, 0.15) is 11.9 Å². The van der Waals surface area contributed by atoms with E-state index in [9.17, 15) is 4.79 Å². The number of fused-ring (bicyclic) bond motifs is 1. The number of likely N-dealkylation sites (N-methyl/N-ethyl adjacent to an activating group) is 1. The lowest BCUT2D eigenvalue weighted by Crippen LogP contribution is -2.30. The van der Waals surface area contributed by atoms with Crippen molar-refractivity contribution >= 4 is 44.5 Å². The van der Waals surface area contributed by atoms with Crippen LogP contribution in [-0.2, 0) is 4.79 Å². The van der Waals surface area contributed by atoms with Crippen LogP contribution in [0, 0.1) is 0 Å². The Morgan fingerprint density at radius 2 is 2.05 bits per heavy atom. The lowest BCUT2D eigenvalue weighted by molar-refractivity contribution is -0.131. The second-order valence-electron chi connectivity index (χ2n) is 5.00. The maximum atomic E-state index is 12.3. The minimum absolute atomic E-state index is 0.0192. The molecule has 20 heavy (non-hydrogen) atoms. The summed E-state index contributed by atoms with van der Waals surface area (Å²) in [7, 11) is 3.50. The summed E-state index contributed by atoms with van der Waals surface area (Å²) in [5, 5.41) is -0.265. The standard InChI is InChI=1S/C14H17BrClN3O/c1-8(16)13-17-11-7-10(15)5-6-12(11)19(13)9(2)14(20)18(3)4/h5-9H,1-4H3. The quantitative estimate of drug-likeness (QED) is 0.784. The van der Waals surface area contributed by atoms with Crippen molar-refractivity contribution in [3.8, 4) is 0 Å². The molecule has 0 aliphatic heterocycles. The van der Waals surface area contributed by atoms with Crippen LogP contribution in [-0.4, -0.2) is 34.5 Å². The highest BCUT2D eigenvalue weighted by molar-refractivity contribution is 9.10. The smallest absolute Gasteiger partial charge is 0.244 e. The highest BCUT2D eigenvalue weighted by Gasteiger charge is 2.24. The summed E-state index contributed by atoms with van der Waals surface area (Å²) in [6.07, 6.45) is 0. The van der Waals surface area contributed by atoms with Crippen LogP contribution in [0.4, 0.5) is 0 Å². The minimum Gasteiger partial charge on any atom is -0.347 e. The fourth-order valence-corrected chi connectivity index (χ4v) is 2.77. The second kappa shape index (κ2) is 5.74. The SMILES string of the molecule is CC(Cl)c1nc2cc(Br)ccc2n1C(C)C(=O)N(C)C. The maximum absolute atomic E-state index is 12.3. The summed E-state index contributed by atoms with van der Waals surface area (Å²) in [5.41, 5.74) is 1.75. The van der Waals surface area contributed by atoms with Crippen molar-refractivity contribution in [1.29, 1.82) is 0 Å². The van der Waals surface area contributed by atoms with Crippen molar-refractivity contribution in [2.24, 2.45) is 0 Å². The molecular formula is C14H17BrClN3O. The van der Waals surface area contributed by atoms with Crippen LogP contribution in [0.25, 0.3) is 11.0 Å². The molecule has 1 amide bonds. The Labute approximate surface area is 131 Å². The molecule has 1 aromatic heterocycles. The average Bonchev–Trinajstić information content (AvgIpc) is 2.75. The number of hydrogen-bond donors (Lipinski definition) is 0. The molecule has 0 bridgehead atoms. The number of benzene rings is 1. The van der Waals surface area contributed by atoms with Gasteiger partial charge < -0.3 is 9.47 Å². The lowest BCUT2D eigenvalue weighted by Gasteiger charge is -2.21. The molecule has 0 saturated carbocycles. The molecular weight excluding hydrogens is 342 g/mol. The van der Waals surface area contributed by atoms with Gasteiger partial charge >= 0.3 is 0 Å². The van der Waals surface area contributed by atoms with Gasteiger partial charge in [0.25, 0.3) is 0 Å². The van der Waals surface area contributed by atoms with Crippen LogP contribution in [0.5, 0.6) is 0 Å². The highest BCUT2D eigenvalue weighted by atomic mass is 79.9. The number of rotatable bonds is 3. The number of alkyl halides is 1. The van der Waals surface area contributed by atoms with Crippen molar-refractivity contribution in [1.82, 2.24) is 14.5 Å². The first-order chi connectivity index (χ1) is 9.32. The normalized spacial score (nSPS) is 14.3. The molecule has 2 rings (SSSR count). The van der Waals surface area contributed by atoms with Gasteiger partial charge in [0.2, 0.25) is 5.91 Å². The number of halogens is 2. The van der Waals surface area contributed by atoms with E-state index < -0.39 is 0 Å². The summed E-state index contributed by atoms with van der Waals surface area (Å²) in [6, 6.07) is 5.49. The fourth-order valence-electron chi connectivity index (χ4n) is 2.26. The Morgan fingerprint density at radius 3 is 2.60 bits per heavy atom. The third kappa shape index (κ3) is 2.69. The second-order valence-corrected chi connectivity index (χ2v) is 6.57. The molecule has 1 heterocycles. The highest BCUT2D eigenvalue weighted by Crippen LogP contribution is 2.30. The molecule has 0 N–H and O–H groups in total. The third-order valence-corrected chi connectivity index (χ3v) is 3.91. The third-order valence-electron chi connectivity index (χ3n) is 3.22. The van der Waals surface area contributed by atoms with Gasteiger partial charge in [-0.2, -0.15) is 0 Å². The molecule has 4 nitrogen and oxygen atoms in total. The molecule has 1 aromatic carbocycles. The van der Waals surface area contributed by atoms with E-state index in [1.807, 2.05) is 36.6 Å². The van der Waals surface area contributed by atoms with E-state index in [0.29, 0.717) is 5.82 Å². The van der Waals surface area contributed by atoms with Crippen LogP contribution in [0.1, 0.15) is 31.1 Å². The summed E-state index contributed by atoms with van der Waals surface area (Å²) in [6.45, 7) is 3.73. The van der Waals surface area contributed by atoms with Crippen LogP contribution < -0.4 is 0 Å². The van der Waals surface area contributed by atoms with Crippen molar-refractivity contribution in [3.05, 3.63) is 28.5 Å². The number of amides is 1. The summed E-state index contributed by atoms with van der Waals surface area (Å²) >= 11 is 9.66. The first-order valence-corrected chi connectivity index (χ1v) is 7.58. The molecule has 0 aliphatic carbocycles.